The number of rotatable bonds is 11. The van der Waals surface area contributed by atoms with Crippen molar-refractivity contribution in [1.29, 1.82) is 0 Å². The molecule has 0 saturated carbocycles. The van der Waals surface area contributed by atoms with E-state index in [2.05, 4.69) is 16.8 Å². The lowest BCUT2D eigenvalue weighted by atomic mass is 9.89. The van der Waals surface area contributed by atoms with E-state index in [9.17, 15) is 13.2 Å². The summed E-state index contributed by atoms with van der Waals surface area (Å²) >= 11 is 12.7. The number of carbonyl (C=O) groups excluding carboxylic acids is 1. The van der Waals surface area contributed by atoms with E-state index >= 15 is 0 Å². The molecule has 1 amide bonds. The van der Waals surface area contributed by atoms with Gasteiger partial charge in [0.05, 0.1) is 28.4 Å². The molecule has 1 fully saturated rings. The molecule has 2 aromatic carbocycles. The maximum Gasteiger partial charge on any atom is 0.246 e. The van der Waals surface area contributed by atoms with Gasteiger partial charge < -0.3 is 20.7 Å². The van der Waals surface area contributed by atoms with Crippen LogP contribution in [0.2, 0.25) is 10.0 Å². The predicted molar refractivity (Wildman–Crippen MR) is 186 cm³/mol. The minimum Gasteiger partial charge on any atom is -0.403 e. The number of hydrogen-bond donors (Lipinski definition) is 2. The summed E-state index contributed by atoms with van der Waals surface area (Å²) in [5.41, 5.74) is 10.9. The molecule has 0 radical (unpaired) electrons. The zero-order valence-electron chi connectivity index (χ0n) is 26.3. The third-order valence-electron chi connectivity index (χ3n) is 8.35. The molecule has 1 aliphatic heterocycles. The molecule has 248 valence electrons. The number of hydrogen-bond acceptors (Lipinski definition) is 8. The van der Waals surface area contributed by atoms with Crippen LogP contribution in [0.5, 0.6) is 0 Å². The van der Waals surface area contributed by atoms with Crippen molar-refractivity contribution in [2.45, 2.75) is 23.9 Å². The minimum atomic E-state index is -3.70. The second-order valence-electron chi connectivity index (χ2n) is 11.1. The average Bonchev–Trinajstić information content (AvgIpc) is 3.21. The van der Waals surface area contributed by atoms with E-state index in [-0.39, 0.29) is 36.5 Å². The van der Waals surface area contributed by atoms with E-state index in [0.29, 0.717) is 35.4 Å². The quantitative estimate of drug-likeness (QED) is 0.295. The van der Waals surface area contributed by atoms with Crippen LogP contribution in [0.15, 0.2) is 90.4 Å². The standard InChI is InChI=1S/C34H38Cl2N6O4S/c1-4-40(3)30(21-37)33(39-31(43)22-46-5-2)29-19-23-7-6-14-38-32(23)34(27-13-10-25(36)20-28(27)29)41-15-17-42(18-16-41)47(44,45)26-11-8-24(35)9-12-26/h4,6-14,19-21,33-34H,1,5,15-18,22,37H2,2-3H3,(H,39,43)/b30-21-/t33-,34+/m1/s1. The highest BCUT2D eigenvalue weighted by Gasteiger charge is 2.37. The molecule has 13 heteroatoms. The molecule has 1 aliphatic carbocycles. The number of nitrogens with zero attached hydrogens (tertiary/aromatic N) is 4. The number of ether oxygens (including phenoxy) is 1. The van der Waals surface area contributed by atoms with Gasteiger partial charge in [0, 0.05) is 62.3 Å². The van der Waals surface area contributed by atoms with Crippen molar-refractivity contribution in [2.24, 2.45) is 5.73 Å². The minimum absolute atomic E-state index is 0.123. The topological polar surface area (TPSA) is 121 Å². The van der Waals surface area contributed by atoms with E-state index in [1.807, 2.05) is 43.3 Å². The predicted octanol–water partition coefficient (Wildman–Crippen LogP) is 4.74. The number of amides is 1. The summed E-state index contributed by atoms with van der Waals surface area (Å²) in [5.74, 6) is -0.316. The van der Waals surface area contributed by atoms with Crippen molar-refractivity contribution in [2.75, 3.05) is 46.4 Å². The molecule has 0 spiro atoms. The van der Waals surface area contributed by atoms with Gasteiger partial charge in [-0.25, -0.2) is 8.42 Å². The van der Waals surface area contributed by atoms with Crippen LogP contribution >= 0.6 is 23.2 Å². The Balaban J connectivity index is 1.57. The number of sulfonamides is 1. The van der Waals surface area contributed by atoms with E-state index < -0.39 is 16.1 Å². The molecule has 0 unspecified atom stereocenters. The first-order valence-corrected chi connectivity index (χ1v) is 17.4. The monoisotopic (exact) mass is 696 g/mol. The van der Waals surface area contributed by atoms with Crippen molar-refractivity contribution in [3.05, 3.63) is 118 Å². The summed E-state index contributed by atoms with van der Waals surface area (Å²) in [6.45, 7) is 7.46. The molecule has 2 heterocycles. The fraction of sp³-hybridized carbons (Fsp3) is 0.294. The molecule has 1 aromatic heterocycles. The number of aromatic nitrogens is 1. The second-order valence-corrected chi connectivity index (χ2v) is 13.9. The lowest BCUT2D eigenvalue weighted by Gasteiger charge is -2.39. The van der Waals surface area contributed by atoms with Crippen LogP contribution in [0.25, 0.3) is 11.6 Å². The molecule has 5 rings (SSSR count). The number of pyridine rings is 1. The summed E-state index contributed by atoms with van der Waals surface area (Å²) in [5, 5.41) is 4.10. The Hall–Kier alpha value is -3.71. The molecule has 3 N–H and O–H groups in total. The van der Waals surface area contributed by atoms with E-state index in [1.54, 1.807) is 36.5 Å². The van der Waals surface area contributed by atoms with Crippen LogP contribution in [0, 0.1) is 0 Å². The highest BCUT2D eigenvalue weighted by atomic mass is 35.5. The first-order valence-electron chi connectivity index (χ1n) is 15.2. The average molecular weight is 698 g/mol. The first-order chi connectivity index (χ1) is 22.6. The zero-order valence-corrected chi connectivity index (χ0v) is 28.6. The van der Waals surface area contributed by atoms with E-state index in [1.165, 1.54) is 22.6 Å². The van der Waals surface area contributed by atoms with Gasteiger partial charge in [0.25, 0.3) is 0 Å². The van der Waals surface area contributed by atoms with Gasteiger partial charge in [-0.3, -0.25) is 14.7 Å². The SMILES string of the molecule is C=CN(C)/C(=C\N)[C@H](NC(=O)COCC)C1=Cc2cccnc2[C@@H](N2CCN(S(=O)(=O)c3ccc(Cl)cc3)CC2)c2ccc(Cl)cc21. The number of halogens is 2. The normalized spacial score (nSPS) is 17.9. The fourth-order valence-corrected chi connectivity index (χ4v) is 7.71. The van der Waals surface area contributed by atoms with Crippen LogP contribution in [0.3, 0.4) is 0 Å². The second kappa shape index (κ2) is 15.0. The Morgan fingerprint density at radius 1 is 1.15 bits per heavy atom. The van der Waals surface area contributed by atoms with Gasteiger partial charge in [-0.05, 0) is 83.9 Å². The molecular formula is C34H38Cl2N6O4S. The fourth-order valence-electron chi connectivity index (χ4n) is 5.99. The highest BCUT2D eigenvalue weighted by Crippen LogP contribution is 2.42. The molecule has 10 nitrogen and oxygen atoms in total. The summed E-state index contributed by atoms with van der Waals surface area (Å²) in [4.78, 5) is 22.2. The molecule has 3 aromatic rings. The number of carbonyl (C=O) groups is 1. The summed E-state index contributed by atoms with van der Waals surface area (Å²) in [6.07, 6.45) is 6.82. The van der Waals surface area contributed by atoms with Crippen LogP contribution in [0.4, 0.5) is 0 Å². The van der Waals surface area contributed by atoms with Gasteiger partial charge >= 0.3 is 0 Å². The molecule has 2 atom stereocenters. The van der Waals surface area contributed by atoms with Crippen molar-refractivity contribution in [1.82, 2.24) is 24.4 Å². The van der Waals surface area contributed by atoms with Gasteiger partial charge in [0.1, 0.15) is 6.61 Å². The van der Waals surface area contributed by atoms with Gasteiger partial charge in [-0.2, -0.15) is 4.31 Å². The van der Waals surface area contributed by atoms with E-state index in [0.717, 1.165) is 28.0 Å². The molecular weight excluding hydrogens is 659 g/mol. The third kappa shape index (κ3) is 7.40. The Morgan fingerprint density at radius 3 is 2.51 bits per heavy atom. The number of benzene rings is 2. The number of likely N-dealkylation sites (N-methyl/N-ethyl adjacent to an activating group) is 1. The van der Waals surface area contributed by atoms with E-state index in [4.69, 9.17) is 38.7 Å². The van der Waals surface area contributed by atoms with Crippen LogP contribution in [-0.2, 0) is 19.6 Å². The molecule has 1 saturated heterocycles. The number of piperazine rings is 1. The lowest BCUT2D eigenvalue weighted by Crippen LogP contribution is -2.50. The maximum absolute atomic E-state index is 13.5. The molecule has 0 bridgehead atoms. The zero-order chi connectivity index (χ0) is 33.7. The summed E-state index contributed by atoms with van der Waals surface area (Å²) < 4.78 is 33.9. The summed E-state index contributed by atoms with van der Waals surface area (Å²) in [6, 6.07) is 14.7. The Labute approximate surface area is 286 Å². The Kier molecular flexibility index (Phi) is 11.1. The van der Waals surface area contributed by atoms with Crippen molar-refractivity contribution in [3.8, 4) is 0 Å². The number of nitrogens with one attached hydrogen (secondary N) is 1. The highest BCUT2D eigenvalue weighted by molar-refractivity contribution is 7.89. The summed E-state index contributed by atoms with van der Waals surface area (Å²) in [7, 11) is -1.90. The third-order valence-corrected chi connectivity index (χ3v) is 10.8. The van der Waals surface area contributed by atoms with Gasteiger partial charge in [0.2, 0.25) is 15.9 Å². The van der Waals surface area contributed by atoms with Gasteiger partial charge in [-0.15, -0.1) is 0 Å². The number of nitrogens with two attached hydrogens (primary N) is 1. The largest absolute Gasteiger partial charge is 0.403 e. The molecule has 47 heavy (non-hydrogen) atoms. The van der Waals surface area contributed by atoms with Crippen molar-refractivity contribution >= 4 is 50.8 Å². The van der Waals surface area contributed by atoms with Crippen molar-refractivity contribution < 1.29 is 17.9 Å². The number of fused-ring (bicyclic) bond motifs is 2. The van der Waals surface area contributed by atoms with Crippen LogP contribution < -0.4 is 11.1 Å². The van der Waals surface area contributed by atoms with Gasteiger partial charge in [-0.1, -0.05) is 41.9 Å². The lowest BCUT2D eigenvalue weighted by molar-refractivity contribution is -0.125. The van der Waals surface area contributed by atoms with Gasteiger partial charge in [0.15, 0.2) is 0 Å². The maximum atomic E-state index is 13.5. The smallest absolute Gasteiger partial charge is 0.246 e. The Morgan fingerprint density at radius 2 is 1.85 bits per heavy atom. The Bertz CT molecular complexity index is 1790. The van der Waals surface area contributed by atoms with Crippen LogP contribution in [-0.4, -0.2) is 85.9 Å². The molecule has 2 aliphatic rings. The first kappa shape index (κ1) is 34.6. The van der Waals surface area contributed by atoms with Crippen LogP contribution in [0.1, 0.15) is 35.3 Å². The van der Waals surface area contributed by atoms with Crippen molar-refractivity contribution in [3.63, 3.8) is 0 Å².